The molecule has 118 valence electrons. The van der Waals surface area contributed by atoms with Crippen molar-refractivity contribution in [3.8, 4) is 0 Å². The van der Waals surface area contributed by atoms with Crippen LogP contribution in [0.3, 0.4) is 0 Å². The third-order valence-electron chi connectivity index (χ3n) is 4.73. The molecule has 0 aliphatic heterocycles. The average molecular weight is 310 g/mol. The van der Waals surface area contributed by atoms with E-state index in [1.807, 2.05) is 7.05 Å². The van der Waals surface area contributed by atoms with Crippen LogP contribution in [0.25, 0.3) is 0 Å². The molecule has 1 aliphatic carbocycles. The van der Waals surface area contributed by atoms with Crippen LogP contribution in [0.2, 0.25) is 0 Å². The minimum absolute atomic E-state index is 0.141. The van der Waals surface area contributed by atoms with Crippen LogP contribution in [0.1, 0.15) is 39.0 Å². The Morgan fingerprint density at radius 1 is 1.14 bits per heavy atom. The molecule has 1 aromatic carbocycles. The molecule has 0 radical (unpaired) electrons. The average Bonchev–Trinajstić information content (AvgIpc) is 2.54. The SMILES string of the molecule is CCC1CCC(N(C)S(=O)(=O)c2ccc(NC)cc2)CC1. The van der Waals surface area contributed by atoms with Crippen LogP contribution in [-0.4, -0.2) is 32.9 Å². The van der Waals surface area contributed by atoms with Crippen LogP contribution in [0, 0.1) is 5.92 Å². The van der Waals surface area contributed by atoms with E-state index in [4.69, 9.17) is 0 Å². The Kier molecular flexibility index (Phi) is 5.27. The number of anilines is 1. The van der Waals surface area contributed by atoms with Gasteiger partial charge in [-0.25, -0.2) is 8.42 Å². The highest BCUT2D eigenvalue weighted by atomic mass is 32.2. The number of rotatable bonds is 5. The Hall–Kier alpha value is -1.07. The molecule has 1 aromatic rings. The van der Waals surface area contributed by atoms with Crippen molar-refractivity contribution in [3.05, 3.63) is 24.3 Å². The number of hydrogen-bond acceptors (Lipinski definition) is 3. The fourth-order valence-corrected chi connectivity index (χ4v) is 4.49. The molecule has 1 fully saturated rings. The standard InChI is InChI=1S/C16H26N2O2S/c1-4-13-5-9-15(10-6-13)18(3)21(19,20)16-11-7-14(17-2)8-12-16/h7-8,11-13,15,17H,4-6,9-10H2,1-3H3. The zero-order valence-corrected chi connectivity index (χ0v) is 14.0. The van der Waals surface area contributed by atoms with Gasteiger partial charge in [0.25, 0.3) is 0 Å². The molecule has 0 atom stereocenters. The van der Waals surface area contributed by atoms with Crippen LogP contribution in [0.15, 0.2) is 29.2 Å². The molecular formula is C16H26N2O2S. The van der Waals surface area contributed by atoms with Gasteiger partial charge in [0.1, 0.15) is 0 Å². The largest absolute Gasteiger partial charge is 0.388 e. The first-order valence-electron chi connectivity index (χ1n) is 7.75. The molecular weight excluding hydrogens is 284 g/mol. The molecule has 0 heterocycles. The second kappa shape index (κ2) is 6.79. The smallest absolute Gasteiger partial charge is 0.243 e. The molecule has 0 bridgehead atoms. The maximum absolute atomic E-state index is 12.7. The molecule has 1 saturated carbocycles. The van der Waals surface area contributed by atoms with E-state index in [2.05, 4.69) is 12.2 Å². The van der Waals surface area contributed by atoms with Crippen molar-refractivity contribution in [2.45, 2.75) is 50.0 Å². The van der Waals surface area contributed by atoms with E-state index in [0.29, 0.717) is 4.90 Å². The minimum Gasteiger partial charge on any atom is -0.388 e. The lowest BCUT2D eigenvalue weighted by molar-refractivity contribution is 0.233. The summed E-state index contributed by atoms with van der Waals surface area (Å²) in [4.78, 5) is 0.376. The van der Waals surface area contributed by atoms with Gasteiger partial charge in [0.05, 0.1) is 4.90 Å². The molecule has 4 nitrogen and oxygen atoms in total. The number of benzene rings is 1. The van der Waals surface area contributed by atoms with Crippen molar-refractivity contribution in [1.82, 2.24) is 4.31 Å². The molecule has 1 aliphatic rings. The first-order chi connectivity index (χ1) is 9.98. The molecule has 1 N–H and O–H groups in total. The van der Waals surface area contributed by atoms with E-state index >= 15 is 0 Å². The Bertz CT molecular complexity index is 546. The summed E-state index contributed by atoms with van der Waals surface area (Å²) in [6.45, 7) is 2.22. The third kappa shape index (κ3) is 3.58. The second-order valence-electron chi connectivity index (χ2n) is 5.88. The van der Waals surface area contributed by atoms with Crippen LogP contribution in [-0.2, 0) is 10.0 Å². The molecule has 2 rings (SSSR count). The first kappa shape index (κ1) is 16.3. The van der Waals surface area contributed by atoms with E-state index < -0.39 is 10.0 Å². The van der Waals surface area contributed by atoms with Gasteiger partial charge in [0, 0.05) is 25.8 Å². The number of nitrogens with zero attached hydrogens (tertiary/aromatic N) is 1. The maximum Gasteiger partial charge on any atom is 0.243 e. The Morgan fingerprint density at radius 2 is 1.71 bits per heavy atom. The van der Waals surface area contributed by atoms with Crippen LogP contribution in [0.4, 0.5) is 5.69 Å². The van der Waals surface area contributed by atoms with Gasteiger partial charge in [-0.1, -0.05) is 13.3 Å². The zero-order chi connectivity index (χ0) is 15.5. The van der Waals surface area contributed by atoms with Gasteiger partial charge >= 0.3 is 0 Å². The fraction of sp³-hybridized carbons (Fsp3) is 0.625. The van der Waals surface area contributed by atoms with Crippen molar-refractivity contribution in [3.63, 3.8) is 0 Å². The van der Waals surface area contributed by atoms with Crippen LogP contribution < -0.4 is 5.32 Å². The Morgan fingerprint density at radius 3 is 2.19 bits per heavy atom. The lowest BCUT2D eigenvalue weighted by Crippen LogP contribution is -2.39. The van der Waals surface area contributed by atoms with Crippen molar-refractivity contribution >= 4 is 15.7 Å². The second-order valence-corrected chi connectivity index (χ2v) is 7.88. The van der Waals surface area contributed by atoms with Crippen molar-refractivity contribution in [2.75, 3.05) is 19.4 Å². The van der Waals surface area contributed by atoms with E-state index in [1.165, 1.54) is 6.42 Å². The van der Waals surface area contributed by atoms with Gasteiger partial charge in [-0.2, -0.15) is 4.31 Å². The monoisotopic (exact) mass is 310 g/mol. The third-order valence-corrected chi connectivity index (χ3v) is 6.65. The van der Waals surface area contributed by atoms with Crippen molar-refractivity contribution < 1.29 is 8.42 Å². The quantitative estimate of drug-likeness (QED) is 0.907. The van der Waals surface area contributed by atoms with E-state index in [1.54, 1.807) is 35.6 Å². The van der Waals surface area contributed by atoms with Crippen molar-refractivity contribution in [1.29, 1.82) is 0 Å². The predicted octanol–water partition coefficient (Wildman–Crippen LogP) is 3.32. The summed E-state index contributed by atoms with van der Waals surface area (Å²) < 4.78 is 27.0. The van der Waals surface area contributed by atoms with Gasteiger partial charge < -0.3 is 5.32 Å². The number of nitrogens with one attached hydrogen (secondary N) is 1. The first-order valence-corrected chi connectivity index (χ1v) is 9.19. The summed E-state index contributed by atoms with van der Waals surface area (Å²) in [7, 11) is 0.159. The predicted molar refractivity (Wildman–Crippen MR) is 87.0 cm³/mol. The van der Waals surface area contributed by atoms with Gasteiger partial charge in [-0.3, -0.25) is 0 Å². The van der Waals surface area contributed by atoms with Gasteiger partial charge in [-0.15, -0.1) is 0 Å². The minimum atomic E-state index is -3.38. The van der Waals surface area contributed by atoms with Crippen molar-refractivity contribution in [2.24, 2.45) is 5.92 Å². The summed E-state index contributed by atoms with van der Waals surface area (Å²) >= 11 is 0. The van der Waals surface area contributed by atoms with Gasteiger partial charge in [0.15, 0.2) is 0 Å². The molecule has 21 heavy (non-hydrogen) atoms. The van der Waals surface area contributed by atoms with Gasteiger partial charge in [-0.05, 0) is 55.9 Å². The zero-order valence-electron chi connectivity index (χ0n) is 13.2. The fourth-order valence-electron chi connectivity index (χ4n) is 3.07. The molecule has 0 spiro atoms. The number of sulfonamides is 1. The van der Waals surface area contributed by atoms with E-state index in [9.17, 15) is 8.42 Å². The topological polar surface area (TPSA) is 49.4 Å². The summed E-state index contributed by atoms with van der Waals surface area (Å²) in [6.07, 6.45) is 5.43. The molecule has 0 aromatic heterocycles. The highest BCUT2D eigenvalue weighted by molar-refractivity contribution is 7.89. The molecule has 5 heteroatoms. The highest BCUT2D eigenvalue weighted by Gasteiger charge is 2.30. The normalized spacial score (nSPS) is 23.2. The summed E-state index contributed by atoms with van der Waals surface area (Å²) in [5.74, 6) is 0.771. The lowest BCUT2D eigenvalue weighted by Gasteiger charge is -2.33. The van der Waals surface area contributed by atoms with Gasteiger partial charge in [0.2, 0.25) is 10.0 Å². The van der Waals surface area contributed by atoms with E-state index in [-0.39, 0.29) is 6.04 Å². The van der Waals surface area contributed by atoms with E-state index in [0.717, 1.165) is 37.3 Å². The van der Waals surface area contributed by atoms with Crippen LogP contribution in [0.5, 0.6) is 0 Å². The molecule has 0 saturated heterocycles. The molecule has 0 amide bonds. The van der Waals surface area contributed by atoms with Crippen LogP contribution >= 0.6 is 0 Å². The maximum atomic E-state index is 12.7. The summed E-state index contributed by atoms with van der Waals surface area (Å²) in [5.41, 5.74) is 0.917. The number of hydrogen-bond donors (Lipinski definition) is 1. The summed E-state index contributed by atoms with van der Waals surface area (Å²) in [6, 6.07) is 7.09. The summed E-state index contributed by atoms with van der Waals surface area (Å²) in [5, 5.41) is 3.00. The highest BCUT2D eigenvalue weighted by Crippen LogP contribution is 2.31. The Balaban J connectivity index is 2.11. The lowest BCUT2D eigenvalue weighted by atomic mass is 9.85. The molecule has 0 unspecified atom stereocenters. The Labute approximate surface area is 128 Å².